The summed E-state index contributed by atoms with van der Waals surface area (Å²) in [5.41, 5.74) is 0. The quantitative estimate of drug-likeness (QED) is 0.385. The summed E-state index contributed by atoms with van der Waals surface area (Å²) < 4.78 is 4.62. The number of aliphatic hydroxyl groups excluding tert-OH is 4. The van der Waals surface area contributed by atoms with Crippen molar-refractivity contribution in [1.82, 2.24) is 0 Å². The summed E-state index contributed by atoms with van der Waals surface area (Å²) in [6, 6.07) is 0. The summed E-state index contributed by atoms with van der Waals surface area (Å²) in [6.07, 6.45) is -2.31. The van der Waals surface area contributed by atoms with E-state index >= 15 is 0 Å². The molecule has 8 heteroatoms. The maximum atomic E-state index is 10.3. The molecule has 0 saturated carbocycles. The molecule has 1 heterocycles. The van der Waals surface area contributed by atoms with Gasteiger partial charge in [-0.2, -0.15) is 0 Å². The van der Waals surface area contributed by atoms with Crippen LogP contribution in [0, 0.1) is 0 Å². The van der Waals surface area contributed by atoms with E-state index in [0.29, 0.717) is 0 Å². The Labute approximate surface area is 108 Å². The second kappa shape index (κ2) is 6.07. The molecule has 0 bridgehead atoms. The van der Waals surface area contributed by atoms with Gasteiger partial charge in [-0.25, -0.2) is 0 Å². The first-order chi connectivity index (χ1) is 7.92. The number of thioether (sulfide) groups is 2. The van der Waals surface area contributed by atoms with Gasteiger partial charge in [-0.15, -0.1) is 23.5 Å². The highest BCUT2D eigenvalue weighted by atomic mass is 32.2. The highest BCUT2D eigenvalue weighted by molar-refractivity contribution is 8.16. The molecule has 1 fully saturated rings. The lowest BCUT2D eigenvalue weighted by Gasteiger charge is -2.47. The molecule has 5 N–H and O–H groups in total. The van der Waals surface area contributed by atoms with E-state index in [1.807, 2.05) is 0 Å². The Morgan fingerprint density at radius 2 is 1.71 bits per heavy atom. The smallest absolute Gasteiger partial charge is 0.216 e. The summed E-state index contributed by atoms with van der Waals surface area (Å²) in [5, 5.41) is 48.3. The summed E-state index contributed by atoms with van der Waals surface area (Å²) in [5.74, 6) is -2.01. The van der Waals surface area contributed by atoms with Crippen LogP contribution in [0.15, 0.2) is 0 Å². The van der Waals surface area contributed by atoms with Crippen molar-refractivity contribution >= 4 is 23.5 Å². The van der Waals surface area contributed by atoms with E-state index in [2.05, 4.69) is 0 Å². The second-order valence-corrected chi connectivity index (χ2v) is 6.00. The number of hydrogen-bond acceptors (Lipinski definition) is 8. The minimum Gasteiger partial charge on any atom is -0.394 e. The first-order valence-corrected chi connectivity index (χ1v) is 7.60. The fourth-order valence-electron chi connectivity index (χ4n) is 1.81. The van der Waals surface area contributed by atoms with Gasteiger partial charge in [0.1, 0.15) is 29.0 Å². The van der Waals surface area contributed by atoms with Crippen LogP contribution in [0.2, 0.25) is 0 Å². The molecule has 102 valence electrons. The zero-order chi connectivity index (χ0) is 13.2. The van der Waals surface area contributed by atoms with E-state index in [4.69, 9.17) is 9.84 Å². The average molecular weight is 286 g/mol. The minimum atomic E-state index is -2.01. The predicted octanol–water partition coefficient (Wildman–Crippen LogP) is -1.80. The van der Waals surface area contributed by atoms with Gasteiger partial charge in [0, 0.05) is 0 Å². The van der Waals surface area contributed by atoms with Crippen LogP contribution in [0.1, 0.15) is 0 Å². The summed E-state index contributed by atoms with van der Waals surface area (Å²) >= 11 is 2.50. The molecule has 1 aliphatic heterocycles. The number of ether oxygens (including phenoxy) is 1. The molecule has 0 aromatic carbocycles. The molecule has 6 nitrogen and oxygen atoms in total. The highest BCUT2D eigenvalue weighted by Gasteiger charge is 2.56. The standard InChI is InChI=1S/C9H18O6S2/c1-16-8(17-2)9(14)7(13)6(12)5(11)4(3-10)15-9/h4-8,10-14H,3H2,1-2H3/t4-,5-,6+,7-,9?/m1/s1. The van der Waals surface area contributed by atoms with Crippen LogP contribution < -0.4 is 0 Å². The molecule has 0 spiro atoms. The van der Waals surface area contributed by atoms with Gasteiger partial charge in [-0.05, 0) is 12.5 Å². The van der Waals surface area contributed by atoms with Gasteiger partial charge in [-0.1, -0.05) is 0 Å². The van der Waals surface area contributed by atoms with Crippen molar-refractivity contribution in [2.75, 3.05) is 19.1 Å². The van der Waals surface area contributed by atoms with Crippen molar-refractivity contribution in [1.29, 1.82) is 0 Å². The van der Waals surface area contributed by atoms with Crippen molar-refractivity contribution in [3.8, 4) is 0 Å². The van der Waals surface area contributed by atoms with Gasteiger partial charge in [0.2, 0.25) is 5.79 Å². The Morgan fingerprint density at radius 3 is 2.12 bits per heavy atom. The Morgan fingerprint density at radius 1 is 1.18 bits per heavy atom. The van der Waals surface area contributed by atoms with Gasteiger partial charge >= 0.3 is 0 Å². The van der Waals surface area contributed by atoms with E-state index in [-0.39, 0.29) is 0 Å². The van der Waals surface area contributed by atoms with Crippen LogP contribution in [-0.4, -0.2) is 79.4 Å². The van der Waals surface area contributed by atoms with Crippen LogP contribution in [0.3, 0.4) is 0 Å². The molecule has 0 aliphatic carbocycles. The summed E-state index contributed by atoms with van der Waals surface area (Å²) in [7, 11) is 0. The first kappa shape index (κ1) is 15.5. The molecule has 0 aromatic rings. The summed E-state index contributed by atoms with van der Waals surface area (Å²) in [6.45, 7) is -0.553. The molecule has 0 radical (unpaired) electrons. The Hall–Kier alpha value is 0.460. The Balaban J connectivity index is 2.97. The molecule has 5 atom stereocenters. The lowest BCUT2D eigenvalue weighted by molar-refractivity contribution is -0.341. The zero-order valence-corrected chi connectivity index (χ0v) is 11.2. The van der Waals surface area contributed by atoms with Crippen molar-refractivity contribution in [2.45, 2.75) is 34.8 Å². The molecule has 0 aromatic heterocycles. The lowest BCUT2D eigenvalue weighted by Crippen LogP contribution is -2.68. The van der Waals surface area contributed by atoms with Gasteiger partial charge in [0.15, 0.2) is 0 Å². The molecule has 17 heavy (non-hydrogen) atoms. The largest absolute Gasteiger partial charge is 0.394 e. The van der Waals surface area contributed by atoms with Crippen LogP contribution in [0.4, 0.5) is 0 Å². The minimum absolute atomic E-state index is 0.548. The van der Waals surface area contributed by atoms with Gasteiger partial charge in [0.25, 0.3) is 0 Å². The van der Waals surface area contributed by atoms with E-state index < -0.39 is 41.4 Å². The van der Waals surface area contributed by atoms with E-state index in [9.17, 15) is 20.4 Å². The fraction of sp³-hybridized carbons (Fsp3) is 1.00. The zero-order valence-electron chi connectivity index (χ0n) is 9.55. The van der Waals surface area contributed by atoms with Crippen LogP contribution in [0.5, 0.6) is 0 Å². The van der Waals surface area contributed by atoms with Crippen LogP contribution in [-0.2, 0) is 4.74 Å². The normalized spacial score (nSPS) is 43.1. The average Bonchev–Trinajstić information content (AvgIpc) is 2.33. The highest BCUT2D eigenvalue weighted by Crippen LogP contribution is 2.39. The Kier molecular flexibility index (Phi) is 5.54. The first-order valence-electron chi connectivity index (χ1n) is 5.03. The maximum absolute atomic E-state index is 10.3. The Bertz CT molecular complexity index is 250. The maximum Gasteiger partial charge on any atom is 0.216 e. The van der Waals surface area contributed by atoms with Crippen LogP contribution in [0.25, 0.3) is 0 Å². The molecular formula is C9H18O6S2. The fourth-order valence-corrected chi connectivity index (χ4v) is 3.64. The van der Waals surface area contributed by atoms with E-state index in [1.54, 1.807) is 12.5 Å². The molecular weight excluding hydrogens is 268 g/mol. The van der Waals surface area contributed by atoms with Crippen molar-refractivity contribution < 1.29 is 30.3 Å². The molecule has 1 rings (SSSR count). The third-order valence-electron chi connectivity index (χ3n) is 2.76. The van der Waals surface area contributed by atoms with Crippen molar-refractivity contribution in [3.63, 3.8) is 0 Å². The van der Waals surface area contributed by atoms with E-state index in [0.717, 1.165) is 0 Å². The molecule has 1 saturated heterocycles. The second-order valence-electron chi connectivity index (χ2n) is 3.82. The van der Waals surface area contributed by atoms with E-state index in [1.165, 1.54) is 23.5 Å². The van der Waals surface area contributed by atoms with Crippen molar-refractivity contribution in [3.05, 3.63) is 0 Å². The number of rotatable bonds is 4. The predicted molar refractivity (Wildman–Crippen MR) is 65.7 cm³/mol. The molecule has 1 aliphatic rings. The number of aliphatic hydroxyl groups is 5. The monoisotopic (exact) mass is 286 g/mol. The number of hydrogen-bond donors (Lipinski definition) is 5. The third-order valence-corrected chi connectivity index (χ3v) is 5.45. The van der Waals surface area contributed by atoms with Gasteiger partial charge in [-0.3, -0.25) is 0 Å². The molecule has 1 unspecified atom stereocenters. The third kappa shape index (κ3) is 2.74. The lowest BCUT2D eigenvalue weighted by atomic mass is 9.93. The van der Waals surface area contributed by atoms with Gasteiger partial charge < -0.3 is 30.3 Å². The van der Waals surface area contributed by atoms with Gasteiger partial charge in [0.05, 0.1) is 6.61 Å². The molecule has 0 amide bonds. The van der Waals surface area contributed by atoms with Crippen LogP contribution >= 0.6 is 23.5 Å². The van der Waals surface area contributed by atoms with Crippen molar-refractivity contribution in [2.24, 2.45) is 0 Å². The SMILES string of the molecule is CSC(SC)C1(O)O[C@H](CO)[C@@H](O)[C@H](O)[C@H]1O. The topological polar surface area (TPSA) is 110 Å². The summed E-state index contributed by atoms with van der Waals surface area (Å²) in [4.78, 5) is 0.